The van der Waals surface area contributed by atoms with Crippen LogP contribution in [0.2, 0.25) is 4.28 Å². The van der Waals surface area contributed by atoms with E-state index in [9.17, 15) is 5.11 Å². The number of nitrogens with zero attached hydrogens (tertiary/aromatic N) is 1. The normalized spacial score (nSPS) is 44.8. The third-order valence-electron chi connectivity index (χ3n) is 2.70. The van der Waals surface area contributed by atoms with Crippen LogP contribution in [0.4, 0.5) is 0 Å². The van der Waals surface area contributed by atoms with E-state index >= 15 is 0 Å². The Labute approximate surface area is 75.6 Å². The summed E-state index contributed by atoms with van der Waals surface area (Å²) in [7, 11) is 0. The minimum absolute atomic E-state index is 0.0394. The molecular formula is C8H14AlNO. The molecule has 0 bridgehead atoms. The number of nitriles is 1. The molecule has 1 N–H and O–H groups in total. The van der Waals surface area contributed by atoms with Crippen molar-refractivity contribution in [3.63, 3.8) is 0 Å². The maximum absolute atomic E-state index is 9.61. The van der Waals surface area contributed by atoms with Crippen LogP contribution in [0, 0.1) is 11.3 Å². The minimum Gasteiger partial charge on any atom is -0.390 e. The quantitative estimate of drug-likeness (QED) is 0.538. The van der Waals surface area contributed by atoms with Gasteiger partial charge in [-0.1, -0.05) is 0 Å². The second-order valence-corrected chi connectivity index (χ2v) is 6.08. The fraction of sp³-hybridized carbons (Fsp3) is 0.875. The van der Waals surface area contributed by atoms with E-state index in [2.05, 4.69) is 6.07 Å². The Balaban J connectivity index is 2.56. The van der Waals surface area contributed by atoms with Crippen LogP contribution in [-0.4, -0.2) is 27.0 Å². The van der Waals surface area contributed by atoms with Gasteiger partial charge in [0, 0.05) is 4.28 Å². The van der Waals surface area contributed by atoms with Gasteiger partial charge in [-0.2, -0.15) is 5.26 Å². The van der Waals surface area contributed by atoms with Crippen LogP contribution in [0.25, 0.3) is 0 Å². The summed E-state index contributed by atoms with van der Waals surface area (Å²) in [5.41, 5.74) is -0.495. The van der Waals surface area contributed by atoms with Gasteiger partial charge in [-0.25, -0.2) is 0 Å². The predicted octanol–water partition coefficient (Wildman–Crippen LogP) is 0.627. The highest BCUT2D eigenvalue weighted by Gasteiger charge is 2.35. The Bertz CT molecular complexity index is 185. The first-order valence-corrected chi connectivity index (χ1v) is 5.11. The Hall–Kier alpha value is -0.0175. The molecule has 0 aromatic heterocycles. The van der Waals surface area contributed by atoms with Crippen LogP contribution >= 0.6 is 0 Å². The van der Waals surface area contributed by atoms with Crippen molar-refractivity contribution >= 4 is 16.3 Å². The molecule has 0 spiro atoms. The molecule has 0 aromatic carbocycles. The zero-order valence-corrected chi connectivity index (χ0v) is 9.22. The van der Waals surface area contributed by atoms with Gasteiger partial charge in [0.05, 0.1) is 11.7 Å². The van der Waals surface area contributed by atoms with Gasteiger partial charge in [0.25, 0.3) is 0 Å². The number of rotatable bonds is 0. The molecule has 0 unspecified atom stereocenters. The van der Waals surface area contributed by atoms with Crippen molar-refractivity contribution in [2.24, 2.45) is 0 Å². The first kappa shape index (κ1) is 9.07. The largest absolute Gasteiger partial charge is 0.390 e. The zero-order chi connectivity index (χ0) is 8.54. The molecule has 0 heterocycles. The summed E-state index contributed by atoms with van der Waals surface area (Å²) in [4.78, 5) is 0. The average molecular weight is 167 g/mol. The second-order valence-electron chi connectivity index (χ2n) is 4.17. The molecular weight excluding hydrogens is 153 g/mol. The van der Waals surface area contributed by atoms with Crippen molar-refractivity contribution in [3.05, 3.63) is 0 Å². The number of hydrogen-bond acceptors (Lipinski definition) is 2. The van der Waals surface area contributed by atoms with Crippen molar-refractivity contribution in [1.29, 1.82) is 5.26 Å². The summed E-state index contributed by atoms with van der Waals surface area (Å²) in [5, 5.41) is 18.4. The lowest BCUT2D eigenvalue weighted by Crippen LogP contribution is -2.32. The van der Waals surface area contributed by atoms with Crippen LogP contribution in [0.1, 0.15) is 32.6 Å². The van der Waals surface area contributed by atoms with Gasteiger partial charge in [-0.15, -0.1) is 0 Å². The molecule has 11 heavy (non-hydrogen) atoms. The molecule has 60 valence electrons. The van der Waals surface area contributed by atoms with E-state index in [1.54, 1.807) is 0 Å². The molecule has 0 saturated heterocycles. The first-order valence-electron chi connectivity index (χ1n) is 4.11. The van der Waals surface area contributed by atoms with E-state index < -0.39 is 5.60 Å². The van der Waals surface area contributed by atoms with Crippen molar-refractivity contribution in [3.8, 4) is 6.07 Å². The third-order valence-corrected chi connectivity index (χ3v) is 3.92. The van der Waals surface area contributed by atoms with Crippen LogP contribution in [0.5, 0.6) is 0 Å². The van der Waals surface area contributed by atoms with Crippen molar-refractivity contribution in [2.45, 2.75) is 42.5 Å². The molecule has 1 aliphatic rings. The summed E-state index contributed by atoms with van der Waals surface area (Å²) < 4.78 is -0.0394. The van der Waals surface area contributed by atoms with Crippen LogP contribution in [-0.2, 0) is 0 Å². The van der Waals surface area contributed by atoms with E-state index in [4.69, 9.17) is 5.26 Å². The summed E-state index contributed by atoms with van der Waals surface area (Å²) >= 11 is 0.938. The van der Waals surface area contributed by atoms with Gasteiger partial charge in [0.2, 0.25) is 16.3 Å². The van der Waals surface area contributed by atoms with Crippen LogP contribution in [0.3, 0.4) is 0 Å². The Morgan fingerprint density at radius 3 is 2.18 bits per heavy atom. The fourth-order valence-electron chi connectivity index (χ4n) is 1.45. The van der Waals surface area contributed by atoms with E-state index in [0.29, 0.717) is 0 Å². The molecule has 2 nitrogen and oxygen atoms in total. The Morgan fingerprint density at radius 1 is 1.36 bits per heavy atom. The smallest absolute Gasteiger partial charge is 0.244 e. The fourth-order valence-corrected chi connectivity index (χ4v) is 1.95. The first-order chi connectivity index (χ1) is 4.97. The van der Waals surface area contributed by atoms with Gasteiger partial charge in [-0.3, -0.25) is 0 Å². The highest BCUT2D eigenvalue weighted by molar-refractivity contribution is 6.17. The minimum atomic E-state index is -0.495. The van der Waals surface area contributed by atoms with E-state index in [0.717, 1.165) is 42.0 Å². The van der Waals surface area contributed by atoms with Crippen LogP contribution < -0.4 is 0 Å². The molecule has 0 radical (unpaired) electrons. The maximum atomic E-state index is 9.61. The summed E-state index contributed by atoms with van der Waals surface area (Å²) in [6.07, 6.45) is 3.37. The van der Waals surface area contributed by atoms with Gasteiger partial charge in [-0.05, 0) is 32.6 Å². The highest BCUT2D eigenvalue weighted by atomic mass is 27.0. The molecule has 1 aliphatic carbocycles. The van der Waals surface area contributed by atoms with E-state index in [1.807, 2.05) is 6.92 Å². The van der Waals surface area contributed by atoms with Gasteiger partial charge < -0.3 is 5.11 Å². The lowest BCUT2D eigenvalue weighted by atomic mass is 9.80. The lowest BCUT2D eigenvalue weighted by molar-refractivity contribution is 0.0169. The van der Waals surface area contributed by atoms with Crippen molar-refractivity contribution < 1.29 is 5.11 Å². The molecule has 3 heteroatoms. The van der Waals surface area contributed by atoms with Gasteiger partial charge >= 0.3 is 0 Å². The monoisotopic (exact) mass is 167 g/mol. The molecule has 0 atom stereocenters. The maximum Gasteiger partial charge on any atom is 0.244 e. The summed E-state index contributed by atoms with van der Waals surface area (Å²) in [6, 6.07) is 2.37. The lowest BCUT2D eigenvalue weighted by Gasteiger charge is -2.36. The molecule has 0 aromatic rings. The van der Waals surface area contributed by atoms with Crippen molar-refractivity contribution in [2.75, 3.05) is 0 Å². The molecule has 0 aliphatic heterocycles. The zero-order valence-electron chi connectivity index (χ0n) is 7.22. The van der Waals surface area contributed by atoms with E-state index in [-0.39, 0.29) is 4.28 Å². The highest BCUT2D eigenvalue weighted by Crippen LogP contribution is 2.42. The molecule has 1 rings (SSSR count). The SMILES string of the molecule is CC1(O)CC[C]([AlH2])(C#N)CC1. The van der Waals surface area contributed by atoms with Gasteiger partial charge in [0.15, 0.2) is 0 Å². The average Bonchev–Trinajstić information content (AvgIpc) is 1.97. The van der Waals surface area contributed by atoms with Crippen molar-refractivity contribution in [1.82, 2.24) is 0 Å². The van der Waals surface area contributed by atoms with Gasteiger partial charge in [0.1, 0.15) is 0 Å². The standard InChI is InChI=1S/C8H12NO.Al.2H/c1-8(10)4-2-7(6-9)3-5-8;;;/h10H,2-5H2,1H3;;;. The number of hydrogen-bond donors (Lipinski definition) is 1. The Morgan fingerprint density at radius 2 is 1.82 bits per heavy atom. The van der Waals surface area contributed by atoms with E-state index in [1.165, 1.54) is 0 Å². The molecule has 1 saturated carbocycles. The summed E-state index contributed by atoms with van der Waals surface area (Å²) in [5.74, 6) is 0. The topological polar surface area (TPSA) is 44.0 Å². The summed E-state index contributed by atoms with van der Waals surface area (Å²) in [6.45, 7) is 1.87. The number of aliphatic hydroxyl groups is 1. The molecule has 0 amide bonds. The van der Waals surface area contributed by atoms with Crippen LogP contribution in [0.15, 0.2) is 0 Å². The third kappa shape index (κ3) is 2.21. The Kier molecular flexibility index (Phi) is 2.30. The second kappa shape index (κ2) is 2.79. The predicted molar refractivity (Wildman–Crippen MR) is 45.9 cm³/mol. The molecule has 1 fully saturated rings.